The molecule has 0 radical (unpaired) electrons. The molecule has 0 unspecified atom stereocenters. The molecule has 3 aromatic rings. The average Bonchev–Trinajstić information content (AvgIpc) is 3.61. The minimum Gasteiger partial charge on any atom is -0.492 e. The van der Waals surface area contributed by atoms with Crippen molar-refractivity contribution in [3.8, 4) is 5.75 Å². The molecule has 0 aliphatic carbocycles. The van der Waals surface area contributed by atoms with Gasteiger partial charge < -0.3 is 52.8 Å². The number of nitrogens with two attached hydrogens (primary N) is 2. The van der Waals surface area contributed by atoms with Gasteiger partial charge in [0.15, 0.2) is 5.78 Å². The topological polar surface area (TPSA) is 280 Å². The van der Waals surface area contributed by atoms with E-state index in [9.17, 15) is 39.1 Å². The first kappa shape index (κ1) is 47.4. The van der Waals surface area contributed by atoms with Gasteiger partial charge in [0.2, 0.25) is 23.6 Å². The Bertz CT molecular complexity index is 1820. The number of amides is 4. The lowest BCUT2D eigenvalue weighted by atomic mass is 9.88. The van der Waals surface area contributed by atoms with E-state index in [0.29, 0.717) is 50.3 Å². The molecule has 18 heteroatoms. The van der Waals surface area contributed by atoms with Gasteiger partial charge in [-0.2, -0.15) is 17.2 Å². The molecule has 0 aliphatic rings. The van der Waals surface area contributed by atoms with Crippen LogP contribution in [0.4, 0.5) is 0 Å². The molecule has 58 heavy (non-hydrogen) atoms. The zero-order valence-electron chi connectivity index (χ0n) is 33.3. The lowest BCUT2D eigenvalue weighted by Gasteiger charge is -2.32. The quantitative estimate of drug-likeness (QED) is 0.0384. The van der Waals surface area contributed by atoms with E-state index in [1.165, 1.54) is 6.92 Å². The van der Waals surface area contributed by atoms with Crippen LogP contribution < -0.4 is 43.0 Å². The minimum absolute atomic E-state index is 0.0178. The number of para-hydroxylation sites is 1. The monoisotopic (exact) mass is 826 g/mol. The van der Waals surface area contributed by atoms with Crippen LogP contribution in [0.25, 0.3) is 10.9 Å². The number of Topliss-reactive ketones (excluding diaryl/α,β-unsaturated/α-hetero) is 1. The molecule has 0 spiro atoms. The number of benzene rings is 2. The predicted molar refractivity (Wildman–Crippen MR) is 221 cm³/mol. The van der Waals surface area contributed by atoms with E-state index >= 15 is 0 Å². The molecule has 3 rings (SSSR count). The Labute approximate surface area is 342 Å². The fraction of sp³-hybridized carbons (Fsp3) is 0.500. The maximum Gasteiger partial charge on any atom is 0.326 e. The summed E-state index contributed by atoms with van der Waals surface area (Å²) in [6, 6.07) is 9.55. The Balaban J connectivity index is 1.91. The SMILES string of the molecule is CCC(=O)[C@](C)(CCCCN)NC(=O)[C@H](Cc1c[nH]c2ccccc12)NC(=O)[C@H](Cc1ccc(OCCN)cc1)NC(=O)[C@H](CSCC[C@H](NC(C)=O)C(=O)O)NO. The summed E-state index contributed by atoms with van der Waals surface area (Å²) in [4.78, 5) is 81.6. The van der Waals surface area contributed by atoms with Gasteiger partial charge in [0.1, 0.15) is 36.5 Å². The number of nitrogens with one attached hydrogen (secondary N) is 6. The number of H-pyrrole nitrogens is 1. The Morgan fingerprint density at radius 1 is 0.862 bits per heavy atom. The number of hydrogen-bond acceptors (Lipinski definition) is 12. The lowest BCUT2D eigenvalue weighted by Crippen LogP contribution is -2.61. The van der Waals surface area contributed by atoms with Crippen LogP contribution in [0.1, 0.15) is 64.0 Å². The smallest absolute Gasteiger partial charge is 0.326 e. The maximum atomic E-state index is 14.4. The Morgan fingerprint density at radius 2 is 1.53 bits per heavy atom. The van der Waals surface area contributed by atoms with Crippen LogP contribution in [0.5, 0.6) is 5.75 Å². The van der Waals surface area contributed by atoms with Crippen molar-refractivity contribution >= 4 is 58.0 Å². The third kappa shape index (κ3) is 14.7. The first-order valence-corrected chi connectivity index (χ1v) is 20.5. The molecule has 1 heterocycles. The summed E-state index contributed by atoms with van der Waals surface area (Å²) in [5.74, 6) is -3.15. The second-order valence-corrected chi connectivity index (χ2v) is 15.3. The van der Waals surface area contributed by atoms with E-state index in [-0.39, 0.29) is 43.0 Å². The van der Waals surface area contributed by atoms with E-state index < -0.39 is 59.3 Å². The van der Waals surface area contributed by atoms with Crippen molar-refractivity contribution in [2.24, 2.45) is 11.5 Å². The highest BCUT2D eigenvalue weighted by atomic mass is 32.2. The predicted octanol–water partition coefficient (Wildman–Crippen LogP) is 1.30. The van der Waals surface area contributed by atoms with Crippen LogP contribution in [-0.4, -0.2) is 112 Å². The number of carboxylic acid groups (broad SMARTS) is 1. The summed E-state index contributed by atoms with van der Waals surface area (Å²) >= 11 is 1.16. The number of ether oxygens (including phenoxy) is 1. The zero-order chi connectivity index (χ0) is 42.7. The lowest BCUT2D eigenvalue weighted by molar-refractivity contribution is -0.141. The second kappa shape index (κ2) is 24.0. The number of hydrogen-bond donors (Lipinski definition) is 10. The van der Waals surface area contributed by atoms with Crippen LogP contribution in [0.2, 0.25) is 0 Å². The van der Waals surface area contributed by atoms with Gasteiger partial charge in [0.25, 0.3) is 0 Å². The fourth-order valence-corrected chi connectivity index (χ4v) is 7.37. The van der Waals surface area contributed by atoms with E-state index in [4.69, 9.17) is 16.2 Å². The van der Waals surface area contributed by atoms with E-state index in [0.717, 1.165) is 28.2 Å². The zero-order valence-corrected chi connectivity index (χ0v) is 34.1. The number of carbonyl (C=O) groups excluding carboxylic acids is 5. The van der Waals surface area contributed by atoms with Crippen molar-refractivity contribution in [1.82, 2.24) is 31.7 Å². The van der Waals surface area contributed by atoms with Gasteiger partial charge in [-0.1, -0.05) is 37.3 Å². The molecule has 4 amide bonds. The Morgan fingerprint density at radius 3 is 2.16 bits per heavy atom. The Hall–Kier alpha value is -5.01. The van der Waals surface area contributed by atoms with Crippen molar-refractivity contribution in [3.05, 3.63) is 65.9 Å². The van der Waals surface area contributed by atoms with E-state index in [1.807, 2.05) is 29.7 Å². The molecule has 2 aromatic carbocycles. The van der Waals surface area contributed by atoms with Crippen molar-refractivity contribution in [2.75, 3.05) is 31.2 Å². The third-order valence-corrected chi connectivity index (χ3v) is 10.7. The largest absolute Gasteiger partial charge is 0.492 e. The van der Waals surface area contributed by atoms with Gasteiger partial charge >= 0.3 is 5.97 Å². The highest BCUT2D eigenvalue weighted by Crippen LogP contribution is 2.22. The number of fused-ring (bicyclic) bond motifs is 1. The van der Waals surface area contributed by atoms with Gasteiger partial charge in [-0.05, 0) is 74.2 Å². The van der Waals surface area contributed by atoms with Crippen LogP contribution in [-0.2, 0) is 41.6 Å². The molecule has 0 bridgehead atoms. The van der Waals surface area contributed by atoms with Crippen LogP contribution in [0.15, 0.2) is 54.7 Å². The standard InChI is InChI=1S/C40H58N8O9S/c1-4-35(50)40(3,16-7-8-17-41)47-38(53)33(22-27-23-43-30-10-6-5-9-29(27)30)46-36(51)32(21-26-11-13-28(14-12-26)57-19-18-42)45-37(52)34(48-56)24-58-20-15-31(39(54)55)44-25(2)49/h5-6,9-14,23,31-34,43,48,56H,4,7-8,15-22,24,41-42H2,1-3H3,(H,44,49)(H,45,52)(H,46,51)(H,47,53)(H,54,55)/t31-,32-,33-,34-,40-/m0/s1. The number of aromatic amines is 1. The highest BCUT2D eigenvalue weighted by molar-refractivity contribution is 7.99. The number of aromatic nitrogens is 1. The van der Waals surface area contributed by atoms with Crippen LogP contribution in [0, 0.1) is 0 Å². The number of thioether (sulfide) groups is 1. The molecular formula is C40H58N8O9S. The second-order valence-electron chi connectivity index (χ2n) is 14.2. The van der Waals surface area contributed by atoms with Crippen LogP contribution in [0.3, 0.4) is 0 Å². The maximum absolute atomic E-state index is 14.4. The number of carbonyl (C=O) groups is 6. The van der Waals surface area contributed by atoms with Gasteiger partial charge in [-0.3, -0.25) is 24.0 Å². The van der Waals surface area contributed by atoms with Gasteiger partial charge in [0, 0.05) is 55.6 Å². The molecule has 12 N–H and O–H groups in total. The molecule has 1 aromatic heterocycles. The molecule has 5 atom stereocenters. The van der Waals surface area contributed by atoms with Crippen molar-refractivity contribution in [3.63, 3.8) is 0 Å². The summed E-state index contributed by atoms with van der Waals surface area (Å²) in [5, 5.41) is 31.1. The molecular weight excluding hydrogens is 769 g/mol. The number of carboxylic acids is 1. The summed E-state index contributed by atoms with van der Waals surface area (Å²) in [7, 11) is 0. The molecule has 0 saturated heterocycles. The Kier molecular flexibility index (Phi) is 19.6. The third-order valence-electron chi connectivity index (χ3n) is 9.56. The molecule has 17 nitrogen and oxygen atoms in total. The van der Waals surface area contributed by atoms with E-state index in [2.05, 4.69) is 26.3 Å². The van der Waals surface area contributed by atoms with Gasteiger partial charge in [0.05, 0.1) is 5.54 Å². The highest BCUT2D eigenvalue weighted by Gasteiger charge is 2.37. The molecule has 0 saturated carbocycles. The number of rotatable bonds is 27. The minimum atomic E-state index is -1.26. The van der Waals surface area contributed by atoms with Gasteiger partial charge in [-0.25, -0.2) is 4.79 Å². The number of unbranched alkanes of at least 4 members (excludes halogenated alkanes) is 1. The first-order valence-electron chi connectivity index (χ1n) is 19.3. The molecule has 318 valence electrons. The molecule has 0 aliphatic heterocycles. The normalized spacial score (nSPS) is 14.3. The molecule has 0 fully saturated rings. The fourth-order valence-electron chi connectivity index (χ4n) is 6.34. The number of ketones is 1. The summed E-state index contributed by atoms with van der Waals surface area (Å²) in [6.07, 6.45) is 3.61. The van der Waals surface area contributed by atoms with Crippen LogP contribution >= 0.6 is 11.8 Å². The number of hydroxylamine groups is 1. The van der Waals surface area contributed by atoms with Crippen molar-refractivity contribution < 1.29 is 43.8 Å². The summed E-state index contributed by atoms with van der Waals surface area (Å²) in [5.41, 5.74) is 14.2. The average molecular weight is 827 g/mol. The summed E-state index contributed by atoms with van der Waals surface area (Å²) in [6.45, 7) is 5.64. The summed E-state index contributed by atoms with van der Waals surface area (Å²) < 4.78 is 5.58. The van der Waals surface area contributed by atoms with Crippen molar-refractivity contribution in [1.29, 1.82) is 0 Å². The van der Waals surface area contributed by atoms with Gasteiger partial charge in [-0.15, -0.1) is 0 Å². The number of aliphatic carboxylic acids is 1. The van der Waals surface area contributed by atoms with Crippen molar-refractivity contribution in [2.45, 2.75) is 95.4 Å². The van der Waals surface area contributed by atoms with E-state index in [1.54, 1.807) is 44.3 Å². The first-order chi connectivity index (χ1) is 27.7.